The van der Waals surface area contributed by atoms with Crippen molar-refractivity contribution in [3.05, 3.63) is 64.4 Å². The number of hydrogen-bond donors (Lipinski definition) is 2. The van der Waals surface area contributed by atoms with Crippen LogP contribution in [0.15, 0.2) is 35.1 Å². The second kappa shape index (κ2) is 17.8. The van der Waals surface area contributed by atoms with Gasteiger partial charge >= 0.3 is 0 Å². The molecule has 1 fully saturated rings. The quantitative estimate of drug-likeness (QED) is 0.221. The van der Waals surface area contributed by atoms with Crippen LogP contribution in [0, 0.1) is 13.8 Å². The maximum absolute atomic E-state index is 13.5. The Hall–Kier alpha value is -3.65. The van der Waals surface area contributed by atoms with Crippen molar-refractivity contribution >= 4 is 36.8 Å². The fraction of sp³-hybridized carbons (Fsp3) is 0.556. The number of carbonyl (C=O) groups excluding carboxylic acids is 2. The summed E-state index contributed by atoms with van der Waals surface area (Å²) in [5.74, 6) is 2.97. The number of oxazole rings is 1. The Morgan fingerprint density at radius 3 is 2.65 bits per heavy atom. The molecule has 1 amide bonds. The average molecular weight is 697 g/mol. The number of anilines is 2. The van der Waals surface area contributed by atoms with E-state index in [9.17, 15) is 14.7 Å². The number of aliphatic hydroxyl groups is 1. The number of β-amino-alcohol motifs (C(OH)–C–C–N with tert-alkyl or cyclic N) is 1. The minimum Gasteiger partial charge on any atom is -0.485 e. The van der Waals surface area contributed by atoms with Gasteiger partial charge in [0.15, 0.2) is 17.9 Å². The fourth-order valence-electron chi connectivity index (χ4n) is 6.47. The summed E-state index contributed by atoms with van der Waals surface area (Å²) in [6.45, 7) is 10.6. The van der Waals surface area contributed by atoms with E-state index in [0.717, 1.165) is 55.1 Å². The highest BCUT2D eigenvalue weighted by Gasteiger charge is 2.24. The number of nitrogens with zero attached hydrogens (tertiary/aromatic N) is 5. The number of likely N-dealkylation sites (N-methyl/N-ethyl adjacent to an activating group) is 1. The number of aryl methyl sites for hydroxylation is 1. The van der Waals surface area contributed by atoms with Crippen molar-refractivity contribution < 1.29 is 28.6 Å². The number of Topliss-reactive ketones (excluding diaryl/α,β-unsaturated/α-hetero) is 1. The molecule has 2 aromatic heterocycles. The van der Waals surface area contributed by atoms with Crippen LogP contribution in [-0.2, 0) is 29.1 Å². The highest BCUT2D eigenvalue weighted by molar-refractivity contribution is 7.59. The van der Waals surface area contributed by atoms with E-state index in [1.807, 2.05) is 42.0 Å². The van der Waals surface area contributed by atoms with Gasteiger partial charge in [-0.25, -0.2) is 9.97 Å². The number of amides is 1. The van der Waals surface area contributed by atoms with Crippen LogP contribution in [0.3, 0.4) is 0 Å². The number of likely N-dealkylation sites (tertiary alicyclic amines) is 1. The van der Waals surface area contributed by atoms with E-state index in [1.54, 1.807) is 14.0 Å². The van der Waals surface area contributed by atoms with E-state index in [2.05, 4.69) is 28.2 Å². The molecule has 2 aliphatic heterocycles. The van der Waals surface area contributed by atoms with Crippen molar-refractivity contribution in [2.45, 2.75) is 78.2 Å². The zero-order chi connectivity index (χ0) is 34.2. The summed E-state index contributed by atoms with van der Waals surface area (Å²) in [6.07, 6.45) is 3.92. The number of methoxy groups -OCH3 is 1. The SMILES string of the molecule is COCCN(C)c1cc(C(=O)CC[C@H](O)CN2CCc3c(ccc(OCc4ocnc4C)c3C)C2)cc(NC2CCN(C(C)=O)CC2)n1.S. The molecule has 0 bridgehead atoms. The Morgan fingerprint density at radius 2 is 1.96 bits per heavy atom. The normalized spacial score (nSPS) is 15.7. The minimum absolute atomic E-state index is 0. The highest BCUT2D eigenvalue weighted by Crippen LogP contribution is 2.30. The summed E-state index contributed by atoms with van der Waals surface area (Å²) >= 11 is 0. The molecular weight excluding hydrogens is 644 g/mol. The van der Waals surface area contributed by atoms with Gasteiger partial charge in [0, 0.05) is 78.4 Å². The van der Waals surface area contributed by atoms with Crippen LogP contribution in [0.2, 0.25) is 0 Å². The first-order valence-corrected chi connectivity index (χ1v) is 16.9. The lowest BCUT2D eigenvalue weighted by Gasteiger charge is -2.32. The molecule has 0 spiro atoms. The summed E-state index contributed by atoms with van der Waals surface area (Å²) in [7, 11) is 3.59. The van der Waals surface area contributed by atoms with Gasteiger partial charge in [0.25, 0.3) is 0 Å². The van der Waals surface area contributed by atoms with Gasteiger partial charge in [0.2, 0.25) is 5.91 Å². The second-order valence-corrected chi connectivity index (χ2v) is 13.0. The van der Waals surface area contributed by atoms with Crippen molar-refractivity contribution in [2.24, 2.45) is 0 Å². The number of aliphatic hydroxyl groups excluding tert-OH is 1. The number of aromatic nitrogens is 2. The molecule has 49 heavy (non-hydrogen) atoms. The van der Waals surface area contributed by atoms with Gasteiger partial charge < -0.3 is 34.1 Å². The number of piperidine rings is 1. The lowest BCUT2D eigenvalue weighted by atomic mass is 9.94. The zero-order valence-corrected chi connectivity index (χ0v) is 30.5. The number of ether oxygens (including phenoxy) is 2. The number of hydrogen-bond acceptors (Lipinski definition) is 11. The summed E-state index contributed by atoms with van der Waals surface area (Å²) < 4.78 is 16.7. The molecule has 2 N–H and O–H groups in total. The number of benzene rings is 1. The van der Waals surface area contributed by atoms with E-state index < -0.39 is 6.10 Å². The highest BCUT2D eigenvalue weighted by atomic mass is 32.1. The molecule has 3 aromatic rings. The van der Waals surface area contributed by atoms with E-state index >= 15 is 0 Å². The van der Waals surface area contributed by atoms with Gasteiger partial charge in [-0.1, -0.05) is 6.07 Å². The zero-order valence-electron chi connectivity index (χ0n) is 29.5. The molecule has 0 unspecified atom stereocenters. The monoisotopic (exact) mass is 696 g/mol. The number of fused-ring (bicyclic) bond motifs is 1. The van der Waals surface area contributed by atoms with Crippen LogP contribution in [-0.4, -0.2) is 102 Å². The van der Waals surface area contributed by atoms with Crippen molar-refractivity contribution in [1.82, 2.24) is 19.8 Å². The molecule has 1 aromatic carbocycles. The average Bonchev–Trinajstić information content (AvgIpc) is 3.50. The van der Waals surface area contributed by atoms with Gasteiger partial charge in [-0.15, -0.1) is 0 Å². The van der Waals surface area contributed by atoms with Crippen LogP contribution < -0.4 is 15.0 Å². The molecule has 5 rings (SSSR count). The van der Waals surface area contributed by atoms with Crippen LogP contribution in [0.5, 0.6) is 5.75 Å². The molecular formula is C36H52N6O6S. The molecule has 1 atom stereocenters. The van der Waals surface area contributed by atoms with Crippen LogP contribution in [0.4, 0.5) is 11.6 Å². The number of ketones is 1. The largest absolute Gasteiger partial charge is 0.485 e. The molecule has 12 nitrogen and oxygen atoms in total. The van der Waals surface area contributed by atoms with Gasteiger partial charge in [-0.2, -0.15) is 13.5 Å². The molecule has 0 radical (unpaired) electrons. The predicted molar refractivity (Wildman–Crippen MR) is 194 cm³/mol. The van der Waals surface area contributed by atoms with E-state index in [4.69, 9.17) is 18.9 Å². The van der Waals surface area contributed by atoms with Crippen molar-refractivity contribution in [1.29, 1.82) is 0 Å². The second-order valence-electron chi connectivity index (χ2n) is 13.0. The first-order chi connectivity index (χ1) is 23.1. The summed E-state index contributed by atoms with van der Waals surface area (Å²) in [5.41, 5.74) is 5.06. The number of nitrogens with one attached hydrogen (secondary N) is 1. The topological polar surface area (TPSA) is 134 Å². The number of pyridine rings is 1. The van der Waals surface area contributed by atoms with Gasteiger partial charge in [0.05, 0.1) is 18.4 Å². The Kier molecular flexibility index (Phi) is 13.9. The molecule has 0 saturated carbocycles. The first-order valence-electron chi connectivity index (χ1n) is 16.9. The number of carbonyl (C=O) groups is 2. The van der Waals surface area contributed by atoms with Crippen LogP contribution >= 0.6 is 13.5 Å². The minimum atomic E-state index is -0.626. The van der Waals surface area contributed by atoms with Crippen molar-refractivity contribution in [3.63, 3.8) is 0 Å². The molecule has 268 valence electrons. The Labute approximate surface area is 296 Å². The van der Waals surface area contributed by atoms with E-state index in [-0.39, 0.29) is 37.6 Å². The molecule has 2 aliphatic rings. The van der Waals surface area contributed by atoms with E-state index in [0.29, 0.717) is 63.0 Å². The third-order valence-corrected chi connectivity index (χ3v) is 9.54. The molecule has 4 heterocycles. The lowest BCUT2D eigenvalue weighted by molar-refractivity contribution is -0.129. The first kappa shape index (κ1) is 38.2. The summed E-state index contributed by atoms with van der Waals surface area (Å²) in [4.78, 5) is 40.3. The lowest BCUT2D eigenvalue weighted by Crippen LogP contribution is -2.41. The molecule has 0 aliphatic carbocycles. The standard InChI is InChI=1S/C36H50N6O6.H2S/c1-24-31-12-13-41(20-27(31)6-9-33(24)47-22-34-25(2)37-23-48-34)21-30(44)7-8-32(45)28-18-35(39-36(19-28)40(4)16-17-46-5)38-29-10-14-42(15-11-29)26(3)43;/h6,9,18-19,23,29-30,44H,7-8,10-17,20-22H2,1-5H3,(H,38,39);1H2/t30-;/m0./s1. The fourth-order valence-corrected chi connectivity index (χ4v) is 6.47. The van der Waals surface area contributed by atoms with Gasteiger partial charge in [-0.05, 0) is 74.4 Å². The Balaban J connectivity index is 0.00000541. The smallest absolute Gasteiger partial charge is 0.219 e. The maximum atomic E-state index is 13.5. The number of rotatable bonds is 15. The third kappa shape index (κ3) is 10.2. The summed E-state index contributed by atoms with van der Waals surface area (Å²) in [5, 5.41) is 14.5. The third-order valence-electron chi connectivity index (χ3n) is 9.54. The van der Waals surface area contributed by atoms with Crippen molar-refractivity contribution in [3.8, 4) is 5.75 Å². The van der Waals surface area contributed by atoms with Crippen LogP contribution in [0.1, 0.15) is 71.1 Å². The van der Waals surface area contributed by atoms with Gasteiger partial charge in [-0.3, -0.25) is 14.5 Å². The van der Waals surface area contributed by atoms with E-state index in [1.165, 1.54) is 17.5 Å². The maximum Gasteiger partial charge on any atom is 0.219 e. The van der Waals surface area contributed by atoms with Gasteiger partial charge in [0.1, 0.15) is 24.0 Å². The molecule has 1 saturated heterocycles. The molecule has 13 heteroatoms. The predicted octanol–water partition coefficient (Wildman–Crippen LogP) is 4.27. The van der Waals surface area contributed by atoms with Crippen molar-refractivity contribution in [2.75, 3.05) is 63.7 Å². The Bertz CT molecular complexity index is 1560. The Morgan fingerprint density at radius 1 is 1.18 bits per heavy atom. The summed E-state index contributed by atoms with van der Waals surface area (Å²) in [6, 6.07) is 7.91. The van der Waals surface area contributed by atoms with Crippen LogP contribution in [0.25, 0.3) is 0 Å².